The van der Waals surface area contributed by atoms with Crippen molar-refractivity contribution in [3.8, 4) is 22.7 Å². The first-order valence-corrected chi connectivity index (χ1v) is 12.8. The van der Waals surface area contributed by atoms with Gasteiger partial charge in [-0.15, -0.1) is 0 Å². The average Bonchev–Trinajstić information content (AvgIpc) is 3.58. The van der Waals surface area contributed by atoms with Gasteiger partial charge in [0, 0.05) is 22.1 Å². The number of carbonyl (C=O) groups is 1. The summed E-state index contributed by atoms with van der Waals surface area (Å²) < 4.78 is 27.0. The molecule has 6 rings (SSSR count). The number of rotatable bonds is 6. The van der Waals surface area contributed by atoms with Crippen LogP contribution >= 0.6 is 15.9 Å². The fraction of sp³-hybridized carbons (Fsp3) is 0.179. The van der Waals surface area contributed by atoms with Crippen molar-refractivity contribution in [1.82, 2.24) is 19.9 Å². The number of aromatic nitrogens is 3. The lowest BCUT2D eigenvalue weighted by Crippen LogP contribution is -2.32. The van der Waals surface area contributed by atoms with E-state index in [1.54, 1.807) is 24.0 Å². The Hall–Kier alpha value is -4.02. The summed E-state index contributed by atoms with van der Waals surface area (Å²) in [6.45, 7) is 2.06. The van der Waals surface area contributed by atoms with Gasteiger partial charge < -0.3 is 24.0 Å². The quantitative estimate of drug-likeness (QED) is 0.275. The van der Waals surface area contributed by atoms with E-state index in [0.717, 1.165) is 21.1 Å². The number of benzene rings is 3. The minimum atomic E-state index is -0.815. The van der Waals surface area contributed by atoms with Gasteiger partial charge in [0.05, 0.1) is 11.0 Å². The molecule has 192 valence electrons. The third kappa shape index (κ3) is 4.57. The molecule has 0 spiro atoms. The smallest absolute Gasteiger partial charge is 0.323 e. The minimum absolute atomic E-state index is 0.169. The summed E-state index contributed by atoms with van der Waals surface area (Å²) in [7, 11) is 0. The zero-order chi connectivity index (χ0) is 26.4. The standard InChI is InChI=1S/C28H22BrFN4O4/c1-15-26(35)34(13-12-16-2-11-21-22(14-16)32-28(36)31-21)27(37-15)24-23(17-5-9-20(30)10-6-17)33-25(38-24)18-3-7-19(29)8-4-18/h2-11,14-15,27H,12-13H2,1H3,(H2,31,32,36)/t15-,27-/m0/s1. The summed E-state index contributed by atoms with van der Waals surface area (Å²) in [5.74, 6) is 0.204. The van der Waals surface area contributed by atoms with Crippen LogP contribution in [-0.2, 0) is 16.0 Å². The molecule has 1 saturated heterocycles. The van der Waals surface area contributed by atoms with E-state index >= 15 is 0 Å². The highest BCUT2D eigenvalue weighted by atomic mass is 79.9. The zero-order valence-electron chi connectivity index (χ0n) is 20.2. The van der Waals surface area contributed by atoms with E-state index in [2.05, 4.69) is 25.9 Å². The monoisotopic (exact) mass is 576 g/mol. The number of H-pyrrole nitrogens is 2. The maximum Gasteiger partial charge on any atom is 0.323 e. The van der Waals surface area contributed by atoms with Crippen molar-refractivity contribution in [2.24, 2.45) is 0 Å². The van der Waals surface area contributed by atoms with Gasteiger partial charge >= 0.3 is 5.69 Å². The molecule has 5 aromatic rings. The Bertz CT molecular complexity index is 1690. The lowest BCUT2D eigenvalue weighted by molar-refractivity contribution is -0.130. The van der Waals surface area contributed by atoms with E-state index < -0.39 is 12.3 Å². The third-order valence-electron chi connectivity index (χ3n) is 6.56. The summed E-state index contributed by atoms with van der Waals surface area (Å²) in [4.78, 5) is 36.6. The second-order valence-electron chi connectivity index (χ2n) is 9.12. The van der Waals surface area contributed by atoms with Crippen LogP contribution in [0.4, 0.5) is 4.39 Å². The Morgan fingerprint density at radius 2 is 1.68 bits per heavy atom. The number of fused-ring (bicyclic) bond motifs is 1. The molecule has 3 heterocycles. The van der Waals surface area contributed by atoms with Crippen molar-refractivity contribution in [3.05, 3.63) is 98.8 Å². The number of halogens is 2. The molecule has 2 atom stereocenters. The number of nitrogens with one attached hydrogen (secondary N) is 2. The van der Waals surface area contributed by atoms with E-state index in [9.17, 15) is 14.0 Å². The lowest BCUT2D eigenvalue weighted by Gasteiger charge is -2.22. The van der Waals surface area contributed by atoms with E-state index in [4.69, 9.17) is 14.1 Å². The number of aromatic amines is 2. The van der Waals surface area contributed by atoms with Gasteiger partial charge in [-0.2, -0.15) is 0 Å². The number of nitrogens with zero attached hydrogens (tertiary/aromatic N) is 2. The number of ether oxygens (including phenoxy) is 1. The second-order valence-corrected chi connectivity index (χ2v) is 10.0. The Morgan fingerprint density at radius 3 is 2.45 bits per heavy atom. The number of carbonyl (C=O) groups excluding carboxylic acids is 1. The number of hydrogen-bond donors (Lipinski definition) is 2. The Labute approximate surface area is 224 Å². The molecule has 0 saturated carbocycles. The molecular formula is C28H22BrFN4O4. The second kappa shape index (κ2) is 9.70. The van der Waals surface area contributed by atoms with Crippen molar-refractivity contribution in [2.75, 3.05) is 6.54 Å². The van der Waals surface area contributed by atoms with E-state index in [1.807, 2.05) is 42.5 Å². The van der Waals surface area contributed by atoms with Crippen LogP contribution in [0.2, 0.25) is 0 Å². The summed E-state index contributed by atoms with van der Waals surface area (Å²) in [6, 6.07) is 19.1. The van der Waals surface area contributed by atoms with Crippen LogP contribution in [0.5, 0.6) is 0 Å². The molecule has 2 N–H and O–H groups in total. The van der Waals surface area contributed by atoms with Crippen LogP contribution in [-0.4, -0.2) is 38.4 Å². The first-order valence-electron chi connectivity index (χ1n) is 12.1. The van der Waals surface area contributed by atoms with Gasteiger partial charge in [-0.3, -0.25) is 4.79 Å². The normalized spacial score (nSPS) is 17.6. The predicted octanol–water partition coefficient (Wildman–Crippen LogP) is 5.57. The van der Waals surface area contributed by atoms with Crippen molar-refractivity contribution in [2.45, 2.75) is 25.7 Å². The van der Waals surface area contributed by atoms with Crippen LogP contribution in [0.1, 0.15) is 24.5 Å². The Balaban J connectivity index is 1.36. The van der Waals surface area contributed by atoms with Gasteiger partial charge in [-0.25, -0.2) is 14.2 Å². The number of amides is 1. The largest absolute Gasteiger partial charge is 0.436 e. The topological polar surface area (TPSA) is 104 Å². The van der Waals surface area contributed by atoms with Gasteiger partial charge in [-0.05, 0) is 79.6 Å². The van der Waals surface area contributed by atoms with Crippen molar-refractivity contribution >= 4 is 32.9 Å². The van der Waals surface area contributed by atoms with Gasteiger partial charge in [0.1, 0.15) is 17.6 Å². The Kier molecular flexibility index (Phi) is 6.21. The molecule has 38 heavy (non-hydrogen) atoms. The van der Waals surface area contributed by atoms with E-state index in [-0.39, 0.29) is 17.4 Å². The lowest BCUT2D eigenvalue weighted by atomic mass is 10.1. The molecule has 8 nitrogen and oxygen atoms in total. The summed E-state index contributed by atoms with van der Waals surface area (Å²) in [5.41, 5.74) is 3.98. The molecule has 0 aliphatic carbocycles. The average molecular weight is 577 g/mol. The SMILES string of the molecule is C[C@@H]1O[C@@H](c2oc(-c3ccc(Br)cc3)nc2-c2ccc(F)cc2)N(CCc2ccc3[nH]c(=O)[nH]c3c2)C1=O. The minimum Gasteiger partial charge on any atom is -0.436 e. The van der Waals surface area contributed by atoms with Crippen LogP contribution in [0.25, 0.3) is 33.7 Å². The Morgan fingerprint density at radius 1 is 0.974 bits per heavy atom. The molecule has 10 heteroatoms. The molecule has 1 fully saturated rings. The first-order chi connectivity index (χ1) is 18.4. The number of hydrogen-bond acceptors (Lipinski definition) is 5. The van der Waals surface area contributed by atoms with Crippen LogP contribution in [0, 0.1) is 5.82 Å². The zero-order valence-corrected chi connectivity index (χ0v) is 21.8. The van der Waals surface area contributed by atoms with Gasteiger partial charge in [0.2, 0.25) is 5.89 Å². The van der Waals surface area contributed by atoms with Crippen LogP contribution in [0.3, 0.4) is 0 Å². The molecule has 3 aromatic carbocycles. The molecule has 1 aliphatic heterocycles. The molecule has 0 unspecified atom stereocenters. The van der Waals surface area contributed by atoms with Gasteiger partial charge in [0.25, 0.3) is 5.91 Å². The highest BCUT2D eigenvalue weighted by molar-refractivity contribution is 9.10. The highest BCUT2D eigenvalue weighted by Crippen LogP contribution is 2.39. The molecule has 1 aliphatic rings. The summed E-state index contributed by atoms with van der Waals surface area (Å²) in [6.07, 6.45) is -0.961. The van der Waals surface area contributed by atoms with Gasteiger partial charge in [0.15, 0.2) is 12.0 Å². The highest BCUT2D eigenvalue weighted by Gasteiger charge is 2.42. The summed E-state index contributed by atoms with van der Waals surface area (Å²) >= 11 is 3.44. The summed E-state index contributed by atoms with van der Waals surface area (Å²) in [5, 5.41) is 0. The van der Waals surface area contributed by atoms with E-state index in [1.165, 1.54) is 12.1 Å². The number of oxazole rings is 1. The van der Waals surface area contributed by atoms with Crippen LogP contribution in [0.15, 0.2) is 80.4 Å². The van der Waals surface area contributed by atoms with Crippen molar-refractivity contribution in [3.63, 3.8) is 0 Å². The third-order valence-corrected chi connectivity index (χ3v) is 7.08. The molecule has 2 aromatic heterocycles. The molecule has 0 radical (unpaired) electrons. The number of imidazole rings is 1. The molecular weight excluding hydrogens is 555 g/mol. The van der Waals surface area contributed by atoms with E-state index in [0.29, 0.717) is 41.4 Å². The fourth-order valence-corrected chi connectivity index (χ4v) is 4.88. The van der Waals surface area contributed by atoms with Crippen LogP contribution < -0.4 is 5.69 Å². The predicted molar refractivity (Wildman–Crippen MR) is 143 cm³/mol. The van der Waals surface area contributed by atoms with Crippen molar-refractivity contribution in [1.29, 1.82) is 0 Å². The first kappa shape index (κ1) is 24.3. The van der Waals surface area contributed by atoms with Crippen molar-refractivity contribution < 1.29 is 18.3 Å². The maximum atomic E-state index is 13.7. The molecule has 0 bridgehead atoms. The maximum absolute atomic E-state index is 13.7. The van der Waals surface area contributed by atoms with Gasteiger partial charge in [-0.1, -0.05) is 22.0 Å². The molecule has 1 amide bonds. The fourth-order valence-electron chi connectivity index (χ4n) is 4.62.